The first-order valence-corrected chi connectivity index (χ1v) is 6.20. The number of ether oxygens (including phenoxy) is 2. The highest BCUT2D eigenvalue weighted by Crippen LogP contribution is 2.34. The molecule has 2 heterocycles. The first kappa shape index (κ1) is 11.8. The van der Waals surface area contributed by atoms with Crippen molar-refractivity contribution in [2.75, 3.05) is 13.2 Å². The molecule has 0 aliphatic carbocycles. The number of H-pyrrole nitrogens is 1. The van der Waals surface area contributed by atoms with Gasteiger partial charge in [0.1, 0.15) is 0 Å². The zero-order valence-electron chi connectivity index (χ0n) is 10.6. The van der Waals surface area contributed by atoms with Gasteiger partial charge in [-0.05, 0) is 25.1 Å². The molecule has 0 fully saturated rings. The minimum Gasteiger partial charge on any atom is -0.490 e. The molecule has 5 heteroatoms. The van der Waals surface area contributed by atoms with E-state index in [0.717, 1.165) is 34.9 Å². The summed E-state index contributed by atoms with van der Waals surface area (Å²) in [5.41, 5.74) is 2.53. The minimum atomic E-state index is 0.333. The van der Waals surface area contributed by atoms with Crippen LogP contribution in [0.1, 0.15) is 22.7 Å². The van der Waals surface area contributed by atoms with Crippen LogP contribution in [0.5, 0.6) is 11.5 Å². The van der Waals surface area contributed by atoms with E-state index in [0.29, 0.717) is 25.3 Å². The lowest BCUT2D eigenvalue weighted by molar-refractivity contribution is 0.111. The average molecular weight is 258 g/mol. The third kappa shape index (κ3) is 2.19. The van der Waals surface area contributed by atoms with Crippen molar-refractivity contribution in [3.8, 4) is 22.8 Å². The molecule has 0 radical (unpaired) electrons. The van der Waals surface area contributed by atoms with Crippen molar-refractivity contribution in [2.45, 2.75) is 13.3 Å². The van der Waals surface area contributed by atoms with Gasteiger partial charge in [0.15, 0.2) is 23.6 Å². The van der Waals surface area contributed by atoms with Crippen LogP contribution in [0.4, 0.5) is 0 Å². The summed E-state index contributed by atoms with van der Waals surface area (Å²) in [5, 5.41) is 0. The summed E-state index contributed by atoms with van der Waals surface area (Å²) in [6.45, 7) is 3.21. The predicted octanol–water partition coefficient (Wildman–Crippen LogP) is 2.36. The Kier molecular flexibility index (Phi) is 2.95. The van der Waals surface area contributed by atoms with Gasteiger partial charge < -0.3 is 14.5 Å². The van der Waals surface area contributed by atoms with E-state index in [9.17, 15) is 4.79 Å². The molecule has 0 amide bonds. The van der Waals surface area contributed by atoms with Gasteiger partial charge in [0.05, 0.1) is 18.9 Å². The highest BCUT2D eigenvalue weighted by molar-refractivity contribution is 5.74. The second kappa shape index (κ2) is 4.76. The van der Waals surface area contributed by atoms with Crippen LogP contribution in [0.25, 0.3) is 11.3 Å². The average Bonchev–Trinajstić information content (AvgIpc) is 2.66. The molecule has 3 rings (SSSR count). The van der Waals surface area contributed by atoms with Crippen LogP contribution in [0.15, 0.2) is 18.2 Å². The summed E-state index contributed by atoms with van der Waals surface area (Å²) >= 11 is 0. The highest BCUT2D eigenvalue weighted by Gasteiger charge is 2.14. The molecule has 0 unspecified atom stereocenters. The lowest BCUT2D eigenvalue weighted by Gasteiger charge is -2.08. The number of carbonyl (C=O) groups excluding carboxylic acids is 1. The van der Waals surface area contributed by atoms with Crippen molar-refractivity contribution < 1.29 is 14.3 Å². The van der Waals surface area contributed by atoms with Gasteiger partial charge in [0.2, 0.25) is 0 Å². The zero-order valence-corrected chi connectivity index (χ0v) is 10.6. The standard InChI is InChI=1S/C14H14N2O3/c1-9-14(16-13(8-17)15-9)10-3-4-11-12(7-10)19-6-2-5-18-11/h3-4,7-8H,2,5-6H2,1H3,(H,15,16). The number of carbonyl (C=O) groups is 1. The Hall–Kier alpha value is -2.30. The summed E-state index contributed by atoms with van der Waals surface area (Å²) in [4.78, 5) is 17.9. The van der Waals surface area contributed by atoms with Gasteiger partial charge in [-0.15, -0.1) is 0 Å². The lowest BCUT2D eigenvalue weighted by atomic mass is 10.1. The molecule has 1 aromatic heterocycles. The highest BCUT2D eigenvalue weighted by atomic mass is 16.5. The number of rotatable bonds is 2. The van der Waals surface area contributed by atoms with Crippen LogP contribution in [-0.2, 0) is 0 Å². The number of imidazole rings is 1. The first-order chi connectivity index (χ1) is 9.28. The summed E-state index contributed by atoms with van der Waals surface area (Å²) < 4.78 is 11.2. The maximum Gasteiger partial charge on any atom is 0.185 e. The summed E-state index contributed by atoms with van der Waals surface area (Å²) in [5.74, 6) is 1.81. The maximum atomic E-state index is 10.7. The number of fused-ring (bicyclic) bond motifs is 1. The number of nitrogens with zero attached hydrogens (tertiary/aromatic N) is 1. The number of hydrogen-bond donors (Lipinski definition) is 1. The molecule has 98 valence electrons. The molecule has 1 N–H and O–H groups in total. The Labute approximate surface area is 110 Å². The number of hydrogen-bond acceptors (Lipinski definition) is 4. The van der Waals surface area contributed by atoms with Crippen LogP contribution < -0.4 is 9.47 Å². The Morgan fingerprint density at radius 1 is 1.26 bits per heavy atom. The Bertz CT molecular complexity index is 619. The molecule has 1 aromatic carbocycles. The van der Waals surface area contributed by atoms with E-state index in [-0.39, 0.29) is 0 Å². The Morgan fingerprint density at radius 2 is 2.05 bits per heavy atom. The first-order valence-electron chi connectivity index (χ1n) is 6.20. The van der Waals surface area contributed by atoms with Crippen molar-refractivity contribution in [3.63, 3.8) is 0 Å². The fourth-order valence-corrected chi connectivity index (χ4v) is 2.13. The molecule has 2 aromatic rings. The second-order valence-electron chi connectivity index (χ2n) is 4.43. The molecule has 0 atom stereocenters. The van der Waals surface area contributed by atoms with Crippen molar-refractivity contribution in [2.24, 2.45) is 0 Å². The second-order valence-corrected chi connectivity index (χ2v) is 4.43. The topological polar surface area (TPSA) is 64.2 Å². The molecular weight excluding hydrogens is 244 g/mol. The predicted molar refractivity (Wildman–Crippen MR) is 69.8 cm³/mol. The van der Waals surface area contributed by atoms with Gasteiger partial charge in [-0.25, -0.2) is 4.98 Å². The summed E-state index contributed by atoms with van der Waals surface area (Å²) in [6, 6.07) is 5.70. The van der Waals surface area contributed by atoms with E-state index in [1.165, 1.54) is 0 Å². The molecular formula is C14H14N2O3. The van der Waals surface area contributed by atoms with Crippen molar-refractivity contribution >= 4 is 6.29 Å². The van der Waals surface area contributed by atoms with Crippen LogP contribution in [0.2, 0.25) is 0 Å². The molecule has 0 spiro atoms. The summed E-state index contributed by atoms with van der Waals surface area (Å²) in [7, 11) is 0. The number of nitrogens with one attached hydrogen (secondary N) is 1. The van der Waals surface area contributed by atoms with E-state index in [1.54, 1.807) is 0 Å². The van der Waals surface area contributed by atoms with E-state index < -0.39 is 0 Å². The molecule has 0 saturated heterocycles. The van der Waals surface area contributed by atoms with E-state index in [1.807, 2.05) is 25.1 Å². The van der Waals surface area contributed by atoms with Gasteiger partial charge in [-0.3, -0.25) is 4.79 Å². The van der Waals surface area contributed by atoms with Gasteiger partial charge in [-0.2, -0.15) is 0 Å². The van der Waals surface area contributed by atoms with E-state index in [4.69, 9.17) is 9.47 Å². The van der Waals surface area contributed by atoms with Gasteiger partial charge in [0, 0.05) is 17.7 Å². The molecule has 5 nitrogen and oxygen atoms in total. The van der Waals surface area contributed by atoms with Crippen molar-refractivity contribution in [1.82, 2.24) is 9.97 Å². The molecule has 1 aliphatic heterocycles. The van der Waals surface area contributed by atoms with Crippen LogP contribution >= 0.6 is 0 Å². The minimum absolute atomic E-state index is 0.333. The Morgan fingerprint density at radius 3 is 2.79 bits per heavy atom. The number of aromatic amines is 1. The molecule has 1 aliphatic rings. The monoisotopic (exact) mass is 258 g/mol. The number of benzene rings is 1. The molecule has 0 saturated carbocycles. The van der Waals surface area contributed by atoms with Crippen LogP contribution in [0.3, 0.4) is 0 Å². The lowest BCUT2D eigenvalue weighted by Crippen LogP contribution is -1.97. The third-order valence-corrected chi connectivity index (χ3v) is 3.04. The van der Waals surface area contributed by atoms with Gasteiger partial charge >= 0.3 is 0 Å². The fourth-order valence-electron chi connectivity index (χ4n) is 2.13. The zero-order chi connectivity index (χ0) is 13.2. The number of aldehydes is 1. The quantitative estimate of drug-likeness (QED) is 0.840. The van der Waals surface area contributed by atoms with Gasteiger partial charge in [-0.1, -0.05) is 0 Å². The SMILES string of the molecule is Cc1[nH]c(C=O)nc1-c1ccc2c(c1)OCCCO2. The van der Waals surface area contributed by atoms with E-state index in [2.05, 4.69) is 9.97 Å². The van der Waals surface area contributed by atoms with Crippen molar-refractivity contribution in [3.05, 3.63) is 29.7 Å². The van der Waals surface area contributed by atoms with Crippen LogP contribution in [-0.4, -0.2) is 29.5 Å². The van der Waals surface area contributed by atoms with E-state index >= 15 is 0 Å². The maximum absolute atomic E-state index is 10.7. The fraction of sp³-hybridized carbons (Fsp3) is 0.286. The normalized spacial score (nSPS) is 13.9. The van der Waals surface area contributed by atoms with Crippen molar-refractivity contribution in [1.29, 1.82) is 0 Å². The molecule has 0 bridgehead atoms. The van der Waals surface area contributed by atoms with Gasteiger partial charge in [0.25, 0.3) is 0 Å². The number of aromatic nitrogens is 2. The Balaban J connectivity index is 2.03. The smallest absolute Gasteiger partial charge is 0.185 e. The van der Waals surface area contributed by atoms with Crippen LogP contribution in [0, 0.1) is 6.92 Å². The third-order valence-electron chi connectivity index (χ3n) is 3.04. The largest absolute Gasteiger partial charge is 0.490 e. The molecule has 19 heavy (non-hydrogen) atoms. The summed E-state index contributed by atoms with van der Waals surface area (Å²) in [6.07, 6.45) is 1.58. The number of aryl methyl sites for hydroxylation is 1.